The Hall–Kier alpha value is -2.20. The van der Waals surface area contributed by atoms with Gasteiger partial charge < -0.3 is 14.5 Å². The van der Waals surface area contributed by atoms with Crippen LogP contribution in [0.15, 0.2) is 5.38 Å². The van der Waals surface area contributed by atoms with Crippen LogP contribution in [-0.4, -0.2) is 67.0 Å². The van der Waals surface area contributed by atoms with E-state index in [4.69, 9.17) is 4.74 Å². The predicted molar refractivity (Wildman–Crippen MR) is 100 cm³/mol. The number of hydrogen-bond acceptors (Lipinski definition) is 7. The van der Waals surface area contributed by atoms with Gasteiger partial charge in [0.1, 0.15) is 0 Å². The van der Waals surface area contributed by atoms with E-state index in [2.05, 4.69) is 20.7 Å². The fraction of sp³-hybridized carbons (Fsp3) is 0.647. The Morgan fingerprint density at radius 2 is 2.04 bits per heavy atom. The highest BCUT2D eigenvalue weighted by Crippen LogP contribution is 2.21. The van der Waals surface area contributed by atoms with Gasteiger partial charge in [-0.15, -0.1) is 11.3 Å². The average Bonchev–Trinajstić information content (AvgIpc) is 3.15. The highest BCUT2D eigenvalue weighted by atomic mass is 32.1. The first-order chi connectivity index (χ1) is 13.0. The SMILES string of the molecule is CC(=O)N1CCC[C@@H](C(=O)NNC(=O)Cc2csc(N3CCOCC3)n2)C1. The van der Waals surface area contributed by atoms with Crippen molar-refractivity contribution in [3.05, 3.63) is 11.1 Å². The van der Waals surface area contributed by atoms with Gasteiger partial charge >= 0.3 is 0 Å². The summed E-state index contributed by atoms with van der Waals surface area (Å²) in [7, 11) is 0. The number of carbonyl (C=O) groups excluding carboxylic acids is 3. The lowest BCUT2D eigenvalue weighted by molar-refractivity contribution is -0.136. The van der Waals surface area contributed by atoms with E-state index in [0.29, 0.717) is 38.4 Å². The maximum absolute atomic E-state index is 12.2. The molecule has 148 valence electrons. The zero-order valence-corrected chi connectivity index (χ0v) is 16.2. The van der Waals surface area contributed by atoms with Gasteiger partial charge in [0, 0.05) is 38.5 Å². The minimum atomic E-state index is -0.318. The normalized spacial score (nSPS) is 20.3. The molecule has 0 bridgehead atoms. The van der Waals surface area contributed by atoms with Gasteiger partial charge in [0.25, 0.3) is 0 Å². The van der Waals surface area contributed by atoms with Crippen LogP contribution in [0, 0.1) is 5.92 Å². The van der Waals surface area contributed by atoms with E-state index in [1.165, 1.54) is 18.3 Å². The standard InChI is InChI=1S/C17H25N5O4S/c1-12(23)22-4-2-3-13(10-22)16(25)20-19-15(24)9-14-11-27-17(18-14)21-5-7-26-8-6-21/h11,13H,2-10H2,1H3,(H,19,24)(H,20,25)/t13-/m1/s1. The van der Waals surface area contributed by atoms with Crippen molar-refractivity contribution in [2.75, 3.05) is 44.3 Å². The van der Waals surface area contributed by atoms with Crippen LogP contribution in [0.4, 0.5) is 5.13 Å². The Morgan fingerprint density at radius 1 is 1.26 bits per heavy atom. The third-order valence-corrected chi connectivity index (χ3v) is 5.68. The topological polar surface area (TPSA) is 104 Å². The third kappa shape index (κ3) is 5.39. The molecule has 1 aromatic heterocycles. The summed E-state index contributed by atoms with van der Waals surface area (Å²) in [5, 5.41) is 2.74. The molecule has 0 aromatic carbocycles. The summed E-state index contributed by atoms with van der Waals surface area (Å²) in [6.45, 7) is 5.54. The number of morpholine rings is 1. The number of thiazole rings is 1. The van der Waals surface area contributed by atoms with Crippen LogP contribution in [0.25, 0.3) is 0 Å². The van der Waals surface area contributed by atoms with Crippen LogP contribution < -0.4 is 15.8 Å². The molecule has 0 spiro atoms. The van der Waals surface area contributed by atoms with Crippen molar-refractivity contribution in [1.29, 1.82) is 0 Å². The maximum atomic E-state index is 12.2. The number of carbonyl (C=O) groups is 3. The molecule has 2 N–H and O–H groups in total. The number of aromatic nitrogens is 1. The Balaban J connectivity index is 1.43. The molecule has 9 nitrogen and oxygen atoms in total. The van der Waals surface area contributed by atoms with Gasteiger partial charge in [-0.25, -0.2) is 4.98 Å². The number of anilines is 1. The first-order valence-electron chi connectivity index (χ1n) is 9.14. The minimum Gasteiger partial charge on any atom is -0.378 e. The lowest BCUT2D eigenvalue weighted by Gasteiger charge is -2.31. The van der Waals surface area contributed by atoms with Crippen molar-refractivity contribution in [1.82, 2.24) is 20.7 Å². The number of ether oxygens (including phenoxy) is 1. The maximum Gasteiger partial charge on any atom is 0.244 e. The summed E-state index contributed by atoms with van der Waals surface area (Å²) in [5.41, 5.74) is 5.60. The summed E-state index contributed by atoms with van der Waals surface area (Å²) >= 11 is 1.50. The van der Waals surface area contributed by atoms with Crippen LogP contribution in [0.1, 0.15) is 25.5 Å². The van der Waals surface area contributed by atoms with Crippen molar-refractivity contribution >= 4 is 34.2 Å². The van der Waals surface area contributed by atoms with Crippen molar-refractivity contribution < 1.29 is 19.1 Å². The van der Waals surface area contributed by atoms with E-state index in [1.807, 2.05) is 5.38 Å². The van der Waals surface area contributed by atoms with Crippen LogP contribution in [0.5, 0.6) is 0 Å². The minimum absolute atomic E-state index is 0.0314. The summed E-state index contributed by atoms with van der Waals surface area (Å²) in [6.07, 6.45) is 1.60. The largest absolute Gasteiger partial charge is 0.378 e. The summed E-state index contributed by atoms with van der Waals surface area (Å²) in [5.74, 6) is -0.908. The monoisotopic (exact) mass is 395 g/mol. The molecule has 27 heavy (non-hydrogen) atoms. The van der Waals surface area contributed by atoms with Gasteiger partial charge in [0.2, 0.25) is 17.7 Å². The molecular weight excluding hydrogens is 370 g/mol. The number of amides is 3. The van der Waals surface area contributed by atoms with E-state index in [-0.39, 0.29) is 30.1 Å². The quantitative estimate of drug-likeness (QED) is 0.692. The molecule has 3 heterocycles. The lowest BCUT2D eigenvalue weighted by atomic mass is 9.97. The second-order valence-electron chi connectivity index (χ2n) is 6.74. The Bertz CT molecular complexity index is 689. The molecule has 0 saturated carbocycles. The van der Waals surface area contributed by atoms with E-state index in [9.17, 15) is 14.4 Å². The molecule has 1 aromatic rings. The highest BCUT2D eigenvalue weighted by Gasteiger charge is 2.27. The molecule has 3 amide bonds. The van der Waals surface area contributed by atoms with E-state index in [0.717, 1.165) is 24.6 Å². The molecule has 0 unspecified atom stereocenters. The van der Waals surface area contributed by atoms with E-state index < -0.39 is 0 Å². The fourth-order valence-corrected chi connectivity index (χ4v) is 4.08. The molecule has 2 saturated heterocycles. The van der Waals surface area contributed by atoms with Crippen LogP contribution in [-0.2, 0) is 25.5 Å². The summed E-state index contributed by atoms with van der Waals surface area (Å²) in [4.78, 5) is 44.1. The molecule has 10 heteroatoms. The number of hydrazine groups is 1. The van der Waals surface area contributed by atoms with Crippen molar-refractivity contribution in [3.63, 3.8) is 0 Å². The lowest BCUT2D eigenvalue weighted by Crippen LogP contribution is -2.50. The van der Waals surface area contributed by atoms with Gasteiger partial charge in [-0.1, -0.05) is 0 Å². The molecule has 2 aliphatic rings. The second-order valence-corrected chi connectivity index (χ2v) is 7.58. The van der Waals surface area contributed by atoms with Crippen molar-refractivity contribution in [3.8, 4) is 0 Å². The van der Waals surface area contributed by atoms with Crippen molar-refractivity contribution in [2.24, 2.45) is 5.92 Å². The van der Waals surface area contributed by atoms with Crippen LogP contribution in [0.3, 0.4) is 0 Å². The molecular formula is C17H25N5O4S. The number of rotatable bonds is 4. The molecule has 2 aliphatic heterocycles. The predicted octanol–water partition coefficient (Wildman–Crippen LogP) is -0.0719. The third-order valence-electron chi connectivity index (χ3n) is 4.73. The van der Waals surface area contributed by atoms with E-state index >= 15 is 0 Å². The highest BCUT2D eigenvalue weighted by molar-refractivity contribution is 7.13. The zero-order valence-electron chi connectivity index (χ0n) is 15.4. The van der Waals surface area contributed by atoms with Gasteiger partial charge in [0.05, 0.1) is 31.2 Å². The summed E-state index contributed by atoms with van der Waals surface area (Å²) in [6, 6.07) is 0. The second kappa shape index (κ2) is 9.14. The number of hydrogen-bond donors (Lipinski definition) is 2. The average molecular weight is 395 g/mol. The van der Waals surface area contributed by atoms with E-state index in [1.54, 1.807) is 4.90 Å². The molecule has 0 aliphatic carbocycles. The molecule has 2 fully saturated rings. The zero-order chi connectivity index (χ0) is 19.2. The molecule has 0 radical (unpaired) electrons. The number of nitrogens with one attached hydrogen (secondary N) is 2. The number of nitrogens with zero attached hydrogens (tertiary/aromatic N) is 3. The fourth-order valence-electron chi connectivity index (χ4n) is 3.20. The van der Waals surface area contributed by atoms with Gasteiger partial charge in [-0.2, -0.15) is 0 Å². The molecule has 1 atom stereocenters. The van der Waals surface area contributed by atoms with Gasteiger partial charge in [-0.3, -0.25) is 25.2 Å². The van der Waals surface area contributed by atoms with Crippen LogP contribution in [0.2, 0.25) is 0 Å². The smallest absolute Gasteiger partial charge is 0.244 e. The number of likely N-dealkylation sites (tertiary alicyclic amines) is 1. The van der Waals surface area contributed by atoms with Gasteiger partial charge in [-0.05, 0) is 12.8 Å². The Kier molecular flexibility index (Phi) is 6.62. The van der Waals surface area contributed by atoms with Crippen molar-refractivity contribution in [2.45, 2.75) is 26.2 Å². The summed E-state index contributed by atoms with van der Waals surface area (Å²) < 4.78 is 5.33. The Labute approximate surface area is 162 Å². The number of piperidine rings is 1. The Morgan fingerprint density at radius 3 is 2.78 bits per heavy atom. The first-order valence-corrected chi connectivity index (χ1v) is 10.0. The first kappa shape index (κ1) is 19.6. The van der Waals surface area contributed by atoms with Crippen LogP contribution >= 0.6 is 11.3 Å². The van der Waals surface area contributed by atoms with Gasteiger partial charge in [0.15, 0.2) is 5.13 Å². The molecule has 3 rings (SSSR count).